The molecule has 0 spiro atoms. The predicted molar refractivity (Wildman–Crippen MR) is 127 cm³/mol. The summed E-state index contributed by atoms with van der Waals surface area (Å²) < 4.78 is 5.68. The number of rotatable bonds is 13. The van der Waals surface area contributed by atoms with Crippen LogP contribution in [0.1, 0.15) is 54.8 Å². The van der Waals surface area contributed by atoms with Crippen molar-refractivity contribution in [2.45, 2.75) is 46.0 Å². The molecule has 4 heteroatoms. The molecule has 0 fully saturated rings. The molecule has 0 aliphatic heterocycles. The zero-order valence-electron chi connectivity index (χ0n) is 17.9. The van der Waals surface area contributed by atoms with Crippen molar-refractivity contribution < 1.29 is 9.53 Å². The van der Waals surface area contributed by atoms with E-state index in [1.807, 2.05) is 12.1 Å². The minimum atomic E-state index is 0.806. The number of carbonyl (C=O) groups is 1. The summed E-state index contributed by atoms with van der Waals surface area (Å²) in [6, 6.07) is 10.7. The Morgan fingerprint density at radius 2 is 1.79 bits per heavy atom. The molecular weight excluding hydrogens is 378 g/mol. The highest BCUT2D eigenvalue weighted by atomic mass is 32.1. The maximum Gasteiger partial charge on any atom is 0.142 e. The van der Waals surface area contributed by atoms with Gasteiger partial charge in [-0.25, -0.2) is 0 Å². The summed E-state index contributed by atoms with van der Waals surface area (Å²) in [5.74, 6) is 0.914. The number of benzene rings is 1. The van der Waals surface area contributed by atoms with Gasteiger partial charge in [0.1, 0.15) is 12.0 Å². The Labute approximate surface area is 179 Å². The first-order chi connectivity index (χ1) is 14.2. The molecular formula is C25H33NO2S. The van der Waals surface area contributed by atoms with Crippen LogP contribution in [0.4, 0.5) is 5.69 Å². The summed E-state index contributed by atoms with van der Waals surface area (Å²) in [5.41, 5.74) is 2.34. The summed E-state index contributed by atoms with van der Waals surface area (Å²) in [6.07, 6.45) is 14.2. The van der Waals surface area contributed by atoms with Gasteiger partial charge in [0.2, 0.25) is 0 Å². The molecule has 0 N–H and O–H groups in total. The molecule has 0 aliphatic rings. The van der Waals surface area contributed by atoms with Gasteiger partial charge in [-0.1, -0.05) is 38.8 Å². The average molecular weight is 412 g/mol. The van der Waals surface area contributed by atoms with Crippen LogP contribution < -0.4 is 9.64 Å². The lowest BCUT2D eigenvalue weighted by molar-refractivity contribution is -0.104. The van der Waals surface area contributed by atoms with E-state index in [0.29, 0.717) is 0 Å². The van der Waals surface area contributed by atoms with Crippen molar-refractivity contribution in [2.24, 2.45) is 0 Å². The first-order valence-electron chi connectivity index (χ1n) is 10.5. The van der Waals surface area contributed by atoms with E-state index in [-0.39, 0.29) is 0 Å². The molecule has 0 unspecified atom stereocenters. The van der Waals surface area contributed by atoms with Crippen molar-refractivity contribution in [1.82, 2.24) is 0 Å². The predicted octanol–water partition coefficient (Wildman–Crippen LogP) is 6.63. The van der Waals surface area contributed by atoms with Gasteiger partial charge in [-0.3, -0.25) is 4.79 Å². The van der Waals surface area contributed by atoms with Gasteiger partial charge in [0.15, 0.2) is 0 Å². The largest absolute Gasteiger partial charge is 0.496 e. The third kappa shape index (κ3) is 7.54. The summed E-state index contributed by atoms with van der Waals surface area (Å²) in [7, 11) is 1.74. The Hall–Kier alpha value is -2.33. The monoisotopic (exact) mass is 411 g/mol. The first-order valence-corrected chi connectivity index (χ1v) is 11.3. The van der Waals surface area contributed by atoms with Crippen molar-refractivity contribution in [2.75, 3.05) is 25.1 Å². The summed E-state index contributed by atoms with van der Waals surface area (Å²) in [6.45, 7) is 6.66. The smallest absolute Gasteiger partial charge is 0.142 e. The van der Waals surface area contributed by atoms with E-state index >= 15 is 0 Å². The number of thiophene rings is 1. The van der Waals surface area contributed by atoms with Crippen LogP contribution >= 0.6 is 11.3 Å². The Balaban J connectivity index is 2.08. The zero-order valence-corrected chi connectivity index (χ0v) is 18.7. The van der Waals surface area contributed by atoms with Crippen molar-refractivity contribution in [1.29, 1.82) is 0 Å². The molecule has 0 radical (unpaired) electrons. The third-order valence-corrected chi connectivity index (χ3v) is 5.86. The number of unbranched alkanes of at least 4 members (excludes halogenated alkanes) is 2. The van der Waals surface area contributed by atoms with Crippen LogP contribution in [0.25, 0.3) is 12.2 Å². The second-order valence-electron chi connectivity index (χ2n) is 7.03. The third-order valence-electron chi connectivity index (χ3n) is 4.78. The van der Waals surface area contributed by atoms with Crippen molar-refractivity contribution in [3.8, 4) is 5.75 Å². The lowest BCUT2D eigenvalue weighted by atomic mass is 10.1. The van der Waals surface area contributed by atoms with E-state index in [2.05, 4.69) is 55.2 Å². The van der Waals surface area contributed by atoms with Gasteiger partial charge in [-0.05, 0) is 49.3 Å². The fourth-order valence-electron chi connectivity index (χ4n) is 3.13. The molecule has 3 nitrogen and oxygen atoms in total. The molecule has 0 saturated heterocycles. The highest BCUT2D eigenvalue weighted by Crippen LogP contribution is 2.28. The van der Waals surface area contributed by atoms with Crippen molar-refractivity contribution in [3.63, 3.8) is 0 Å². The molecule has 156 valence electrons. The van der Waals surface area contributed by atoms with Crippen LogP contribution in [-0.4, -0.2) is 26.5 Å². The van der Waals surface area contributed by atoms with E-state index in [0.717, 1.165) is 42.0 Å². The number of hydrogen-bond donors (Lipinski definition) is 0. The normalized spacial score (nSPS) is 11.4. The first kappa shape index (κ1) is 23.0. The van der Waals surface area contributed by atoms with Crippen LogP contribution in [-0.2, 0) is 11.2 Å². The number of nitrogens with zero attached hydrogens (tertiary/aromatic N) is 1. The Morgan fingerprint density at radius 1 is 1.03 bits per heavy atom. The van der Waals surface area contributed by atoms with Gasteiger partial charge < -0.3 is 9.64 Å². The van der Waals surface area contributed by atoms with E-state index in [4.69, 9.17) is 4.74 Å². The molecule has 0 amide bonds. The molecule has 0 saturated carbocycles. The molecule has 1 aromatic heterocycles. The second-order valence-corrected chi connectivity index (χ2v) is 8.23. The number of ether oxygens (including phenoxy) is 1. The maximum absolute atomic E-state index is 10.4. The fourth-order valence-corrected chi connectivity index (χ4v) is 4.03. The van der Waals surface area contributed by atoms with E-state index < -0.39 is 0 Å². The molecule has 2 rings (SSSR count). The Kier molecular flexibility index (Phi) is 10.3. The number of methoxy groups -OCH3 is 1. The van der Waals surface area contributed by atoms with E-state index in [1.165, 1.54) is 42.3 Å². The molecule has 29 heavy (non-hydrogen) atoms. The van der Waals surface area contributed by atoms with Crippen LogP contribution in [0.3, 0.4) is 0 Å². The molecule has 0 atom stereocenters. The SMILES string of the molecule is CCCCN(CCCC)c1ccc(/C=C/Cc2ccc(/C=C/C=O)s2)c(OC)c1. The number of aldehydes is 1. The van der Waals surface area contributed by atoms with Crippen molar-refractivity contribution in [3.05, 3.63) is 57.8 Å². The topological polar surface area (TPSA) is 29.5 Å². The highest BCUT2D eigenvalue weighted by molar-refractivity contribution is 7.12. The molecule has 1 heterocycles. The van der Waals surface area contributed by atoms with Crippen LogP contribution in [0.15, 0.2) is 42.5 Å². The zero-order chi connectivity index (χ0) is 20.9. The van der Waals surface area contributed by atoms with Gasteiger partial charge in [0, 0.05) is 46.6 Å². The van der Waals surface area contributed by atoms with Crippen LogP contribution in [0.2, 0.25) is 0 Å². The summed E-state index contributed by atoms with van der Waals surface area (Å²) >= 11 is 1.70. The fraction of sp³-hybridized carbons (Fsp3) is 0.400. The quantitative estimate of drug-likeness (QED) is 0.274. The Bertz CT molecular complexity index is 799. The number of hydrogen-bond acceptors (Lipinski definition) is 4. The number of anilines is 1. The lowest BCUT2D eigenvalue weighted by Crippen LogP contribution is -2.25. The number of allylic oxidation sites excluding steroid dienone is 2. The summed E-state index contributed by atoms with van der Waals surface area (Å²) in [5, 5.41) is 0. The molecule has 2 aromatic rings. The lowest BCUT2D eigenvalue weighted by Gasteiger charge is -2.25. The summed E-state index contributed by atoms with van der Waals surface area (Å²) in [4.78, 5) is 15.3. The van der Waals surface area contributed by atoms with Crippen molar-refractivity contribution >= 4 is 35.5 Å². The Morgan fingerprint density at radius 3 is 2.45 bits per heavy atom. The molecule has 0 aliphatic carbocycles. The number of carbonyl (C=O) groups excluding carboxylic acids is 1. The molecule has 0 bridgehead atoms. The van der Waals surface area contributed by atoms with Gasteiger partial charge in [0.25, 0.3) is 0 Å². The van der Waals surface area contributed by atoms with Crippen LogP contribution in [0.5, 0.6) is 5.75 Å². The highest BCUT2D eigenvalue weighted by Gasteiger charge is 2.09. The van der Waals surface area contributed by atoms with Gasteiger partial charge in [-0.2, -0.15) is 0 Å². The van der Waals surface area contributed by atoms with Crippen LogP contribution in [0, 0.1) is 0 Å². The van der Waals surface area contributed by atoms with Gasteiger partial charge in [-0.15, -0.1) is 11.3 Å². The van der Waals surface area contributed by atoms with Gasteiger partial charge in [0.05, 0.1) is 7.11 Å². The second kappa shape index (κ2) is 13.0. The van der Waals surface area contributed by atoms with E-state index in [9.17, 15) is 4.79 Å². The van der Waals surface area contributed by atoms with Gasteiger partial charge >= 0.3 is 0 Å². The molecule has 1 aromatic carbocycles. The maximum atomic E-state index is 10.4. The minimum absolute atomic E-state index is 0.806. The standard InChI is InChI=1S/C25H33NO2S/c1-4-6-17-26(18-7-5-2)22-14-13-21(25(20-22)28-3)10-8-11-23-15-16-24(29-23)12-9-19-27/h8-10,12-16,19-20H,4-7,11,17-18H2,1-3H3/b10-8+,12-9+. The minimum Gasteiger partial charge on any atom is -0.496 e. The average Bonchev–Trinajstić information content (AvgIpc) is 3.20. The van der Waals surface area contributed by atoms with E-state index in [1.54, 1.807) is 18.4 Å².